The first-order chi connectivity index (χ1) is 12.4. The fourth-order valence-electron chi connectivity index (χ4n) is 1.69. The third-order valence-corrected chi connectivity index (χ3v) is 4.09. The molecule has 0 fully saturated rings. The first kappa shape index (κ1) is 19.9. The second-order valence-electron chi connectivity index (χ2n) is 4.66. The molecule has 3 N–H and O–H groups in total. The number of hydrogen-bond donors (Lipinski definition) is 3. The van der Waals surface area contributed by atoms with Gasteiger partial charge in [-0.1, -0.05) is 40.6 Å². The molecule has 2 aromatic rings. The number of hydrazone groups is 1. The average Bonchev–Trinajstić information content (AvgIpc) is 3.03. The van der Waals surface area contributed by atoms with Crippen molar-refractivity contribution in [3.05, 3.63) is 28.8 Å². The van der Waals surface area contributed by atoms with Crippen molar-refractivity contribution in [2.24, 2.45) is 5.10 Å². The summed E-state index contributed by atoms with van der Waals surface area (Å²) in [6, 6.07) is 4.87. The van der Waals surface area contributed by atoms with Gasteiger partial charge >= 0.3 is 0 Å². The second-order valence-corrected chi connectivity index (χ2v) is 6.82. The zero-order chi connectivity index (χ0) is 19.1. The molecule has 0 aliphatic carbocycles. The number of phenolic OH excluding ortho intramolecular Hbond substituents is 1. The molecule has 0 radical (unpaired) electrons. The number of rotatable bonds is 7. The largest absolute Gasteiger partial charge is 0.504 e. The van der Waals surface area contributed by atoms with E-state index in [2.05, 4.69) is 26.0 Å². The van der Waals surface area contributed by atoms with Crippen molar-refractivity contribution in [2.75, 3.05) is 12.4 Å². The molecule has 0 unspecified atom stereocenters. The van der Waals surface area contributed by atoms with Crippen molar-refractivity contribution in [1.29, 1.82) is 0 Å². The highest BCUT2D eigenvalue weighted by Gasteiger charge is 2.15. The van der Waals surface area contributed by atoms with Crippen molar-refractivity contribution in [3.8, 4) is 11.5 Å². The zero-order valence-corrected chi connectivity index (χ0v) is 15.6. The van der Waals surface area contributed by atoms with E-state index in [4.69, 9.17) is 27.9 Å². The van der Waals surface area contributed by atoms with Gasteiger partial charge < -0.3 is 9.84 Å². The monoisotopic (exact) mass is 417 g/mol. The topological polar surface area (TPSA) is 126 Å². The standard InChI is InChI=1S/C14H13Cl2N5O4S/c1-25-8-4-2-3-7(11(8)23)6-17-19-9(22)5-10-20-21-14(26-10)18-13(24)12(15)16/h2-4,6,12,23H,5H2,1H3,(H,19,22)(H,18,21,24)/b17-6-. The number of aromatic hydroxyl groups is 1. The van der Waals surface area contributed by atoms with Gasteiger partial charge in [0.05, 0.1) is 19.7 Å². The van der Waals surface area contributed by atoms with Gasteiger partial charge in [0.1, 0.15) is 5.01 Å². The van der Waals surface area contributed by atoms with Crippen LogP contribution < -0.4 is 15.5 Å². The highest BCUT2D eigenvalue weighted by molar-refractivity contribution is 7.15. The molecule has 0 bridgehead atoms. The van der Waals surface area contributed by atoms with E-state index < -0.39 is 16.7 Å². The second kappa shape index (κ2) is 9.32. The number of para-hydroxylation sites is 1. The summed E-state index contributed by atoms with van der Waals surface area (Å²) in [5, 5.41) is 24.0. The summed E-state index contributed by atoms with van der Waals surface area (Å²) in [7, 11) is 1.43. The molecule has 1 aromatic carbocycles. The Kier molecular flexibility index (Phi) is 7.13. The number of carbonyl (C=O) groups is 2. The minimum Gasteiger partial charge on any atom is -0.504 e. The molecule has 1 aromatic heterocycles. The van der Waals surface area contributed by atoms with Crippen LogP contribution in [0.1, 0.15) is 10.6 Å². The number of phenols is 1. The molecule has 2 rings (SSSR count). The van der Waals surface area contributed by atoms with Crippen molar-refractivity contribution >= 4 is 57.7 Å². The highest BCUT2D eigenvalue weighted by atomic mass is 35.5. The van der Waals surface area contributed by atoms with Crippen molar-refractivity contribution in [1.82, 2.24) is 15.6 Å². The van der Waals surface area contributed by atoms with Crippen LogP contribution in [0.15, 0.2) is 23.3 Å². The molecular weight excluding hydrogens is 405 g/mol. The molecule has 26 heavy (non-hydrogen) atoms. The van der Waals surface area contributed by atoms with Gasteiger partial charge in [-0.3, -0.25) is 14.9 Å². The van der Waals surface area contributed by atoms with Crippen molar-refractivity contribution in [2.45, 2.75) is 11.3 Å². The van der Waals surface area contributed by atoms with E-state index >= 15 is 0 Å². The molecule has 12 heteroatoms. The molecule has 0 saturated heterocycles. The minimum absolute atomic E-state index is 0.0885. The van der Waals surface area contributed by atoms with E-state index in [-0.39, 0.29) is 17.3 Å². The van der Waals surface area contributed by atoms with E-state index in [0.717, 1.165) is 11.3 Å². The lowest BCUT2D eigenvalue weighted by atomic mass is 10.2. The molecule has 0 spiro atoms. The first-order valence-corrected chi connectivity index (χ1v) is 8.69. The summed E-state index contributed by atoms with van der Waals surface area (Å²) in [5.74, 6) is -0.886. The Hall–Kier alpha value is -2.43. The predicted octanol–water partition coefficient (Wildman–Crippen LogP) is 1.69. The van der Waals surface area contributed by atoms with Gasteiger partial charge in [0, 0.05) is 5.56 Å². The Labute approximate surface area is 162 Å². The number of aromatic nitrogens is 2. The predicted molar refractivity (Wildman–Crippen MR) is 98.1 cm³/mol. The van der Waals surface area contributed by atoms with Crippen molar-refractivity contribution in [3.63, 3.8) is 0 Å². The van der Waals surface area contributed by atoms with Gasteiger partial charge in [-0.15, -0.1) is 10.2 Å². The number of alkyl halides is 2. The van der Waals surface area contributed by atoms with Crippen LogP contribution in [0.5, 0.6) is 11.5 Å². The molecule has 1 heterocycles. The number of anilines is 1. The van der Waals surface area contributed by atoms with Crippen LogP contribution in [0, 0.1) is 0 Å². The van der Waals surface area contributed by atoms with E-state index in [1.54, 1.807) is 18.2 Å². The number of halogens is 2. The van der Waals surface area contributed by atoms with Crippen LogP contribution in [0.3, 0.4) is 0 Å². The van der Waals surface area contributed by atoms with E-state index in [1.807, 2.05) is 0 Å². The average molecular weight is 418 g/mol. The summed E-state index contributed by atoms with van der Waals surface area (Å²) >= 11 is 11.8. The number of hydrogen-bond acceptors (Lipinski definition) is 8. The molecule has 2 amide bonds. The number of amides is 2. The quantitative estimate of drug-likeness (QED) is 0.357. The summed E-state index contributed by atoms with van der Waals surface area (Å²) in [6.45, 7) is 0. The number of nitrogens with zero attached hydrogens (tertiary/aromatic N) is 3. The zero-order valence-electron chi connectivity index (χ0n) is 13.3. The Morgan fingerprint density at radius 3 is 2.88 bits per heavy atom. The maximum atomic E-state index is 11.8. The van der Waals surface area contributed by atoms with Gasteiger partial charge in [-0.05, 0) is 12.1 Å². The summed E-state index contributed by atoms with van der Waals surface area (Å²) in [4.78, 5) is 21.9. The lowest BCUT2D eigenvalue weighted by Gasteiger charge is -2.04. The van der Waals surface area contributed by atoms with Crippen LogP contribution in [-0.2, 0) is 16.0 Å². The first-order valence-electron chi connectivity index (χ1n) is 7.00. The number of carbonyl (C=O) groups excluding carboxylic acids is 2. The van der Waals surface area contributed by atoms with E-state index in [9.17, 15) is 14.7 Å². The smallest absolute Gasteiger partial charge is 0.259 e. The van der Waals surface area contributed by atoms with Crippen LogP contribution in [-0.4, -0.2) is 45.3 Å². The fourth-order valence-corrected chi connectivity index (χ4v) is 2.54. The Bertz CT molecular complexity index is 827. The van der Waals surface area contributed by atoms with Crippen molar-refractivity contribution < 1.29 is 19.4 Å². The molecule has 0 saturated carbocycles. The minimum atomic E-state index is -1.23. The van der Waals surface area contributed by atoms with Gasteiger partial charge in [-0.2, -0.15) is 5.10 Å². The van der Waals surface area contributed by atoms with Crippen LogP contribution in [0.2, 0.25) is 0 Å². The molecule has 0 aliphatic heterocycles. The number of ether oxygens (including phenoxy) is 1. The molecule has 138 valence electrons. The molecule has 0 atom stereocenters. The molecular formula is C14H13Cl2N5O4S. The van der Waals surface area contributed by atoms with E-state index in [0.29, 0.717) is 16.3 Å². The Morgan fingerprint density at radius 1 is 1.42 bits per heavy atom. The maximum Gasteiger partial charge on any atom is 0.259 e. The van der Waals surface area contributed by atoms with E-state index in [1.165, 1.54) is 13.3 Å². The van der Waals surface area contributed by atoms with Gasteiger partial charge in [0.25, 0.3) is 5.91 Å². The fraction of sp³-hybridized carbons (Fsp3) is 0.214. The third-order valence-electron chi connectivity index (χ3n) is 2.85. The lowest BCUT2D eigenvalue weighted by Crippen LogP contribution is -2.19. The SMILES string of the molecule is COc1cccc(/C=N\NC(=O)Cc2nnc(NC(=O)C(Cl)Cl)s2)c1O. The van der Waals surface area contributed by atoms with Crippen LogP contribution >= 0.6 is 34.5 Å². The third kappa shape index (κ3) is 5.55. The number of benzene rings is 1. The molecule has 0 aliphatic rings. The highest BCUT2D eigenvalue weighted by Crippen LogP contribution is 2.27. The van der Waals surface area contributed by atoms with Gasteiger partial charge in [0.15, 0.2) is 16.3 Å². The van der Waals surface area contributed by atoms with Crippen LogP contribution in [0.25, 0.3) is 0 Å². The van der Waals surface area contributed by atoms with Gasteiger partial charge in [0.2, 0.25) is 11.0 Å². The summed E-state index contributed by atoms with van der Waals surface area (Å²) in [6.07, 6.45) is 1.18. The van der Waals surface area contributed by atoms with Gasteiger partial charge in [-0.25, -0.2) is 5.43 Å². The Morgan fingerprint density at radius 2 is 2.19 bits per heavy atom. The number of methoxy groups -OCH3 is 1. The normalized spacial score (nSPS) is 10.9. The number of nitrogens with one attached hydrogen (secondary N) is 2. The summed E-state index contributed by atoms with van der Waals surface area (Å²) in [5.41, 5.74) is 2.68. The lowest BCUT2D eigenvalue weighted by molar-refractivity contribution is -0.120. The summed E-state index contributed by atoms with van der Waals surface area (Å²) < 4.78 is 4.98. The van der Waals surface area contributed by atoms with Crippen LogP contribution in [0.4, 0.5) is 5.13 Å². The molecule has 9 nitrogen and oxygen atoms in total. The maximum absolute atomic E-state index is 11.8. The Balaban J connectivity index is 1.89.